The number of unbranched alkanes of at least 4 members (excludes halogenated alkanes) is 12. The fraction of sp³-hybridized carbons (Fsp3) is 0.659. The lowest BCUT2D eigenvalue weighted by Gasteiger charge is -2.15. The lowest BCUT2D eigenvalue weighted by molar-refractivity contribution is -0.161. The molecule has 0 aromatic carbocycles. The molecular formula is C41H68O5. The van der Waals surface area contributed by atoms with Crippen molar-refractivity contribution >= 4 is 11.9 Å². The first-order valence-corrected chi connectivity index (χ1v) is 18.5. The third kappa shape index (κ3) is 34.2. The molecule has 0 amide bonds. The van der Waals surface area contributed by atoms with E-state index < -0.39 is 6.10 Å². The second kappa shape index (κ2) is 36.8. The summed E-state index contributed by atoms with van der Waals surface area (Å²) in [6.07, 6.45) is 48.1. The number of carbonyl (C=O) groups excluding carboxylic acids is 2. The molecule has 0 spiro atoms. The van der Waals surface area contributed by atoms with E-state index in [1.165, 1.54) is 38.5 Å². The molecule has 0 heterocycles. The van der Waals surface area contributed by atoms with Crippen molar-refractivity contribution in [2.24, 2.45) is 0 Å². The molecule has 0 saturated heterocycles. The summed E-state index contributed by atoms with van der Waals surface area (Å²) in [5, 5.41) is 9.53. The van der Waals surface area contributed by atoms with Gasteiger partial charge in [0.2, 0.25) is 0 Å². The van der Waals surface area contributed by atoms with E-state index in [2.05, 4.69) is 86.8 Å². The molecular weight excluding hydrogens is 572 g/mol. The Labute approximate surface area is 283 Å². The predicted octanol–water partition coefficient (Wildman–Crippen LogP) is 11.4. The van der Waals surface area contributed by atoms with Crippen LogP contribution in [0.25, 0.3) is 0 Å². The Morgan fingerprint density at radius 2 is 0.935 bits per heavy atom. The van der Waals surface area contributed by atoms with E-state index in [0.717, 1.165) is 89.9 Å². The van der Waals surface area contributed by atoms with Gasteiger partial charge < -0.3 is 14.6 Å². The Bertz CT molecular complexity index is 864. The van der Waals surface area contributed by atoms with E-state index in [9.17, 15) is 14.7 Å². The van der Waals surface area contributed by atoms with Gasteiger partial charge in [-0.05, 0) is 83.5 Å². The number of esters is 2. The average Bonchev–Trinajstić information content (AvgIpc) is 3.06. The van der Waals surface area contributed by atoms with Crippen molar-refractivity contribution in [2.45, 2.75) is 161 Å². The van der Waals surface area contributed by atoms with Gasteiger partial charge in [-0.1, -0.05) is 132 Å². The number of rotatable bonds is 32. The largest absolute Gasteiger partial charge is 0.462 e. The molecule has 0 aliphatic rings. The van der Waals surface area contributed by atoms with Crippen LogP contribution in [0.5, 0.6) is 0 Å². The van der Waals surface area contributed by atoms with Crippen molar-refractivity contribution in [1.29, 1.82) is 0 Å². The maximum absolute atomic E-state index is 12.1. The van der Waals surface area contributed by atoms with Gasteiger partial charge in [0.15, 0.2) is 6.10 Å². The molecule has 0 aliphatic carbocycles. The van der Waals surface area contributed by atoms with Crippen molar-refractivity contribution in [3.05, 3.63) is 72.9 Å². The van der Waals surface area contributed by atoms with E-state index in [-0.39, 0.29) is 25.2 Å². The summed E-state index contributed by atoms with van der Waals surface area (Å²) < 4.78 is 10.6. The fourth-order valence-electron chi connectivity index (χ4n) is 4.69. The molecule has 0 saturated carbocycles. The van der Waals surface area contributed by atoms with E-state index in [4.69, 9.17) is 9.47 Å². The summed E-state index contributed by atoms with van der Waals surface area (Å²) >= 11 is 0. The normalized spacial score (nSPS) is 13.0. The molecule has 1 atom stereocenters. The van der Waals surface area contributed by atoms with E-state index >= 15 is 0 Å². The summed E-state index contributed by atoms with van der Waals surface area (Å²) in [5.41, 5.74) is 0. The smallest absolute Gasteiger partial charge is 0.306 e. The molecule has 46 heavy (non-hydrogen) atoms. The first kappa shape index (κ1) is 43.3. The SMILES string of the molecule is CC/C=C\C/C=C\C/C=C\C/C=C\CCCCCCC(=O)O[C@@H](CO)COC(=O)CCCCCCC/C=C\C/C=C\CCCCC. The maximum atomic E-state index is 12.1. The minimum absolute atomic E-state index is 0.0871. The number of hydrogen-bond donors (Lipinski definition) is 1. The summed E-state index contributed by atoms with van der Waals surface area (Å²) in [4.78, 5) is 24.2. The minimum atomic E-state index is -0.792. The van der Waals surface area contributed by atoms with Gasteiger partial charge in [0, 0.05) is 12.8 Å². The number of aliphatic hydroxyl groups is 1. The molecule has 0 radical (unpaired) electrons. The van der Waals surface area contributed by atoms with Crippen LogP contribution in [0.4, 0.5) is 0 Å². The monoisotopic (exact) mass is 641 g/mol. The number of hydrogen-bond acceptors (Lipinski definition) is 5. The third-order valence-electron chi connectivity index (χ3n) is 7.48. The molecule has 1 N–H and O–H groups in total. The van der Waals surface area contributed by atoms with Gasteiger partial charge in [0.1, 0.15) is 6.61 Å². The standard InChI is InChI=1S/C41H68O5/c1-3-5-7-9-11-13-15-17-19-20-22-24-26-28-30-32-34-36-41(44)46-39(37-42)38-45-40(43)35-33-31-29-27-25-23-21-18-16-14-12-10-8-6-4-2/h5,7,11-14,17-19,21-22,24,39,42H,3-4,6,8-10,15-16,20,23,25-38H2,1-2H3/b7-5-,13-11-,14-12-,19-17-,21-18-,24-22-/t39-/m0/s1. The molecule has 0 bridgehead atoms. The van der Waals surface area contributed by atoms with Crippen LogP contribution < -0.4 is 0 Å². The van der Waals surface area contributed by atoms with Gasteiger partial charge in [0.25, 0.3) is 0 Å². The van der Waals surface area contributed by atoms with Crippen LogP contribution >= 0.6 is 0 Å². The Balaban J connectivity index is 3.67. The van der Waals surface area contributed by atoms with Crippen molar-refractivity contribution in [2.75, 3.05) is 13.2 Å². The minimum Gasteiger partial charge on any atom is -0.462 e. The first-order valence-electron chi connectivity index (χ1n) is 18.5. The molecule has 262 valence electrons. The van der Waals surface area contributed by atoms with Crippen molar-refractivity contribution < 1.29 is 24.2 Å². The van der Waals surface area contributed by atoms with Crippen LogP contribution in [0.15, 0.2) is 72.9 Å². The van der Waals surface area contributed by atoms with Crippen LogP contribution in [0.3, 0.4) is 0 Å². The van der Waals surface area contributed by atoms with Gasteiger partial charge in [0.05, 0.1) is 6.61 Å². The highest BCUT2D eigenvalue weighted by atomic mass is 16.6. The topological polar surface area (TPSA) is 72.8 Å². The summed E-state index contributed by atoms with van der Waals surface area (Å²) in [6, 6.07) is 0. The van der Waals surface area contributed by atoms with E-state index in [0.29, 0.717) is 12.8 Å². The van der Waals surface area contributed by atoms with Gasteiger partial charge in [-0.25, -0.2) is 0 Å². The highest BCUT2D eigenvalue weighted by Crippen LogP contribution is 2.11. The molecule has 0 unspecified atom stereocenters. The molecule has 5 heteroatoms. The van der Waals surface area contributed by atoms with Crippen molar-refractivity contribution in [3.63, 3.8) is 0 Å². The second-order valence-electron chi connectivity index (χ2n) is 11.9. The number of ether oxygens (including phenoxy) is 2. The molecule has 0 rings (SSSR count). The lowest BCUT2D eigenvalue weighted by atomic mass is 10.1. The number of aliphatic hydroxyl groups excluding tert-OH is 1. The quantitative estimate of drug-likeness (QED) is 0.0450. The van der Waals surface area contributed by atoms with Gasteiger partial charge in [-0.2, -0.15) is 0 Å². The maximum Gasteiger partial charge on any atom is 0.306 e. The summed E-state index contributed by atoms with van der Waals surface area (Å²) in [7, 11) is 0. The highest BCUT2D eigenvalue weighted by molar-refractivity contribution is 5.70. The second-order valence-corrected chi connectivity index (χ2v) is 11.9. The average molecular weight is 641 g/mol. The molecule has 0 aromatic rings. The molecule has 0 aromatic heterocycles. The molecule has 5 nitrogen and oxygen atoms in total. The van der Waals surface area contributed by atoms with Gasteiger partial charge in [-0.3, -0.25) is 9.59 Å². The van der Waals surface area contributed by atoms with Gasteiger partial charge >= 0.3 is 11.9 Å². The Hall–Kier alpha value is -2.66. The van der Waals surface area contributed by atoms with Gasteiger partial charge in [-0.15, -0.1) is 0 Å². The Kier molecular flexibility index (Phi) is 34.7. The number of carbonyl (C=O) groups is 2. The summed E-state index contributed by atoms with van der Waals surface area (Å²) in [5.74, 6) is -0.642. The first-order chi connectivity index (χ1) is 22.6. The van der Waals surface area contributed by atoms with Crippen molar-refractivity contribution in [3.8, 4) is 0 Å². The Morgan fingerprint density at radius 1 is 0.522 bits per heavy atom. The van der Waals surface area contributed by atoms with E-state index in [1.807, 2.05) is 0 Å². The Morgan fingerprint density at radius 3 is 1.41 bits per heavy atom. The predicted molar refractivity (Wildman–Crippen MR) is 196 cm³/mol. The molecule has 0 fully saturated rings. The van der Waals surface area contributed by atoms with Crippen LogP contribution in [-0.2, 0) is 19.1 Å². The molecule has 0 aliphatic heterocycles. The van der Waals surface area contributed by atoms with E-state index in [1.54, 1.807) is 0 Å². The zero-order valence-electron chi connectivity index (χ0n) is 29.6. The zero-order chi connectivity index (χ0) is 33.6. The number of allylic oxidation sites excluding steroid dienone is 12. The lowest BCUT2D eigenvalue weighted by Crippen LogP contribution is -2.28. The van der Waals surface area contributed by atoms with Crippen LogP contribution in [0.1, 0.15) is 155 Å². The van der Waals surface area contributed by atoms with Crippen LogP contribution in [0, 0.1) is 0 Å². The third-order valence-corrected chi connectivity index (χ3v) is 7.48. The van der Waals surface area contributed by atoms with Crippen molar-refractivity contribution in [1.82, 2.24) is 0 Å². The fourth-order valence-corrected chi connectivity index (χ4v) is 4.69. The zero-order valence-corrected chi connectivity index (χ0v) is 29.6. The van der Waals surface area contributed by atoms with Crippen LogP contribution in [0.2, 0.25) is 0 Å². The van der Waals surface area contributed by atoms with Crippen LogP contribution in [-0.4, -0.2) is 36.4 Å². The summed E-state index contributed by atoms with van der Waals surface area (Å²) in [6.45, 7) is 3.94. The highest BCUT2D eigenvalue weighted by Gasteiger charge is 2.16.